The Hall–Kier alpha value is -1.61. The van der Waals surface area contributed by atoms with E-state index in [0.29, 0.717) is 12.1 Å². The molecule has 0 saturated carbocycles. The van der Waals surface area contributed by atoms with Gasteiger partial charge in [-0.05, 0) is 19.4 Å². The van der Waals surface area contributed by atoms with E-state index in [2.05, 4.69) is 6.58 Å². The van der Waals surface area contributed by atoms with Gasteiger partial charge in [0.1, 0.15) is 6.10 Å². The van der Waals surface area contributed by atoms with E-state index in [-0.39, 0.29) is 18.0 Å². The maximum atomic E-state index is 11.4. The standard InChI is InChI=1S/C14H19NO2/c1-10(2)14(16)17-11(3)13(9-15)12-7-5-4-6-8-12/h4-8,11,13H,1,9,15H2,2-3H3. The minimum atomic E-state index is -0.369. The Balaban J connectivity index is 2.75. The van der Waals surface area contributed by atoms with Crippen LogP contribution in [0, 0.1) is 0 Å². The molecule has 3 nitrogen and oxygen atoms in total. The van der Waals surface area contributed by atoms with Crippen LogP contribution < -0.4 is 5.73 Å². The van der Waals surface area contributed by atoms with Crippen LogP contribution in [-0.4, -0.2) is 18.6 Å². The van der Waals surface area contributed by atoms with Gasteiger partial charge in [0, 0.05) is 18.0 Å². The number of hydrogen-bond donors (Lipinski definition) is 1. The first-order chi connectivity index (χ1) is 8.06. The summed E-state index contributed by atoms with van der Waals surface area (Å²) in [6.45, 7) is 7.49. The molecular weight excluding hydrogens is 214 g/mol. The van der Waals surface area contributed by atoms with Crippen molar-refractivity contribution in [1.29, 1.82) is 0 Å². The van der Waals surface area contributed by atoms with Crippen LogP contribution in [0.25, 0.3) is 0 Å². The van der Waals surface area contributed by atoms with Crippen molar-refractivity contribution >= 4 is 5.97 Å². The van der Waals surface area contributed by atoms with Crippen LogP contribution >= 0.6 is 0 Å². The van der Waals surface area contributed by atoms with Crippen LogP contribution in [0.1, 0.15) is 25.3 Å². The molecule has 0 heterocycles. The highest BCUT2D eigenvalue weighted by Crippen LogP contribution is 2.21. The third-order valence-corrected chi connectivity index (χ3v) is 2.69. The zero-order valence-corrected chi connectivity index (χ0v) is 10.3. The van der Waals surface area contributed by atoms with Crippen molar-refractivity contribution in [2.45, 2.75) is 25.9 Å². The molecule has 0 spiro atoms. The third-order valence-electron chi connectivity index (χ3n) is 2.69. The Morgan fingerprint density at radius 3 is 2.47 bits per heavy atom. The Bertz CT molecular complexity index is 386. The van der Waals surface area contributed by atoms with Gasteiger partial charge in [-0.15, -0.1) is 0 Å². The first-order valence-corrected chi connectivity index (χ1v) is 5.67. The minimum absolute atomic E-state index is 0.0134. The topological polar surface area (TPSA) is 52.3 Å². The first-order valence-electron chi connectivity index (χ1n) is 5.67. The second kappa shape index (κ2) is 6.21. The molecule has 0 fully saturated rings. The number of ether oxygens (including phenoxy) is 1. The van der Waals surface area contributed by atoms with Crippen molar-refractivity contribution in [2.24, 2.45) is 5.73 Å². The van der Waals surface area contributed by atoms with Crippen LogP contribution in [0.3, 0.4) is 0 Å². The summed E-state index contributed by atoms with van der Waals surface area (Å²) in [7, 11) is 0. The molecule has 0 saturated heterocycles. The summed E-state index contributed by atoms with van der Waals surface area (Å²) in [4.78, 5) is 11.4. The van der Waals surface area contributed by atoms with Crippen LogP contribution in [0.4, 0.5) is 0 Å². The van der Waals surface area contributed by atoms with Gasteiger partial charge >= 0.3 is 5.97 Å². The SMILES string of the molecule is C=C(C)C(=O)OC(C)C(CN)c1ccccc1. The predicted octanol–water partition coefficient (Wildman–Crippen LogP) is 2.24. The quantitative estimate of drug-likeness (QED) is 0.627. The number of carbonyl (C=O) groups is 1. The second-order valence-corrected chi connectivity index (χ2v) is 4.14. The molecule has 0 amide bonds. The summed E-state index contributed by atoms with van der Waals surface area (Å²) in [5.41, 5.74) is 7.23. The summed E-state index contributed by atoms with van der Waals surface area (Å²) in [6.07, 6.45) is -0.258. The van der Waals surface area contributed by atoms with E-state index in [9.17, 15) is 4.79 Å². The fourth-order valence-electron chi connectivity index (χ4n) is 1.65. The van der Waals surface area contributed by atoms with Gasteiger partial charge in [-0.25, -0.2) is 4.79 Å². The van der Waals surface area contributed by atoms with E-state index in [0.717, 1.165) is 5.56 Å². The van der Waals surface area contributed by atoms with Crippen molar-refractivity contribution < 1.29 is 9.53 Å². The third kappa shape index (κ3) is 3.71. The van der Waals surface area contributed by atoms with Gasteiger partial charge in [0.05, 0.1) is 0 Å². The molecule has 1 rings (SSSR count). The smallest absolute Gasteiger partial charge is 0.333 e. The molecule has 0 radical (unpaired) electrons. The molecular formula is C14H19NO2. The molecule has 1 aromatic carbocycles. The fraction of sp³-hybridized carbons (Fsp3) is 0.357. The van der Waals surface area contributed by atoms with Crippen LogP contribution in [0.15, 0.2) is 42.5 Å². The van der Waals surface area contributed by atoms with Crippen molar-refractivity contribution in [3.8, 4) is 0 Å². The normalized spacial score (nSPS) is 13.8. The number of carbonyl (C=O) groups excluding carboxylic acids is 1. The van der Waals surface area contributed by atoms with Gasteiger partial charge in [0.2, 0.25) is 0 Å². The molecule has 2 unspecified atom stereocenters. The number of benzene rings is 1. The van der Waals surface area contributed by atoms with E-state index >= 15 is 0 Å². The number of nitrogens with two attached hydrogens (primary N) is 1. The molecule has 17 heavy (non-hydrogen) atoms. The van der Waals surface area contributed by atoms with Gasteiger partial charge < -0.3 is 10.5 Å². The number of hydrogen-bond acceptors (Lipinski definition) is 3. The lowest BCUT2D eigenvalue weighted by Crippen LogP contribution is -2.28. The Labute approximate surface area is 102 Å². The zero-order chi connectivity index (χ0) is 12.8. The Kier molecular flexibility index (Phi) is 4.91. The fourth-order valence-corrected chi connectivity index (χ4v) is 1.65. The maximum absolute atomic E-state index is 11.4. The Morgan fingerprint density at radius 1 is 1.41 bits per heavy atom. The molecule has 0 aliphatic heterocycles. The van der Waals surface area contributed by atoms with Crippen molar-refractivity contribution in [1.82, 2.24) is 0 Å². The Morgan fingerprint density at radius 2 is 2.00 bits per heavy atom. The van der Waals surface area contributed by atoms with Crippen LogP contribution in [0.5, 0.6) is 0 Å². The minimum Gasteiger partial charge on any atom is -0.459 e. The molecule has 0 bridgehead atoms. The predicted molar refractivity (Wildman–Crippen MR) is 68.6 cm³/mol. The molecule has 2 atom stereocenters. The van der Waals surface area contributed by atoms with Crippen molar-refractivity contribution in [3.05, 3.63) is 48.0 Å². The lowest BCUT2D eigenvalue weighted by atomic mass is 9.94. The summed E-state index contributed by atoms with van der Waals surface area (Å²) >= 11 is 0. The molecule has 2 N–H and O–H groups in total. The molecule has 0 aromatic heterocycles. The van der Waals surface area contributed by atoms with E-state index in [1.165, 1.54) is 0 Å². The van der Waals surface area contributed by atoms with Gasteiger partial charge in [0.25, 0.3) is 0 Å². The van der Waals surface area contributed by atoms with Gasteiger partial charge in [-0.2, -0.15) is 0 Å². The summed E-state index contributed by atoms with van der Waals surface area (Å²) in [6, 6.07) is 9.82. The highest BCUT2D eigenvalue weighted by molar-refractivity contribution is 5.87. The number of rotatable bonds is 5. The molecule has 0 aliphatic carbocycles. The van der Waals surface area contributed by atoms with Crippen molar-refractivity contribution in [2.75, 3.05) is 6.54 Å². The van der Waals surface area contributed by atoms with E-state index in [1.54, 1.807) is 6.92 Å². The molecule has 0 aliphatic rings. The number of esters is 1. The molecule has 3 heteroatoms. The van der Waals surface area contributed by atoms with Gasteiger partial charge in [-0.1, -0.05) is 36.9 Å². The van der Waals surface area contributed by atoms with Crippen molar-refractivity contribution in [3.63, 3.8) is 0 Å². The van der Waals surface area contributed by atoms with Gasteiger partial charge in [-0.3, -0.25) is 0 Å². The van der Waals surface area contributed by atoms with E-state index < -0.39 is 0 Å². The lowest BCUT2D eigenvalue weighted by Gasteiger charge is -2.23. The molecule has 92 valence electrons. The monoisotopic (exact) mass is 233 g/mol. The summed E-state index contributed by atoms with van der Waals surface area (Å²) in [5, 5.41) is 0. The zero-order valence-electron chi connectivity index (χ0n) is 10.3. The van der Waals surface area contributed by atoms with Gasteiger partial charge in [0.15, 0.2) is 0 Å². The summed E-state index contributed by atoms with van der Waals surface area (Å²) in [5.74, 6) is -0.355. The van der Waals surface area contributed by atoms with E-state index in [1.807, 2.05) is 37.3 Å². The first kappa shape index (κ1) is 13.5. The highest BCUT2D eigenvalue weighted by Gasteiger charge is 2.21. The molecule has 1 aromatic rings. The highest BCUT2D eigenvalue weighted by atomic mass is 16.5. The lowest BCUT2D eigenvalue weighted by molar-refractivity contribution is -0.144. The average Bonchev–Trinajstić information content (AvgIpc) is 2.31. The maximum Gasteiger partial charge on any atom is 0.333 e. The van der Waals surface area contributed by atoms with Crippen LogP contribution in [0.2, 0.25) is 0 Å². The largest absolute Gasteiger partial charge is 0.459 e. The van der Waals surface area contributed by atoms with E-state index in [4.69, 9.17) is 10.5 Å². The average molecular weight is 233 g/mol. The second-order valence-electron chi connectivity index (χ2n) is 4.14. The summed E-state index contributed by atoms with van der Waals surface area (Å²) < 4.78 is 5.30. The van der Waals surface area contributed by atoms with Crippen LogP contribution in [-0.2, 0) is 9.53 Å².